The fourth-order valence-electron chi connectivity index (χ4n) is 2.21. The predicted molar refractivity (Wildman–Crippen MR) is 86.7 cm³/mol. The Labute approximate surface area is 135 Å². The number of nitrogens with one attached hydrogen (secondary N) is 1. The van der Waals surface area contributed by atoms with Gasteiger partial charge in [0.25, 0.3) is 5.91 Å². The molecule has 0 aliphatic rings. The van der Waals surface area contributed by atoms with Crippen molar-refractivity contribution >= 4 is 11.9 Å². The van der Waals surface area contributed by atoms with Gasteiger partial charge in [0.1, 0.15) is 5.75 Å². The summed E-state index contributed by atoms with van der Waals surface area (Å²) in [7, 11) is 2.86. The average Bonchev–Trinajstić information content (AvgIpc) is 2.59. The summed E-state index contributed by atoms with van der Waals surface area (Å²) >= 11 is 0. The molecule has 0 saturated carbocycles. The molecule has 5 heteroatoms. The molecule has 120 valence electrons. The third kappa shape index (κ3) is 3.88. The van der Waals surface area contributed by atoms with Gasteiger partial charge in [-0.3, -0.25) is 4.79 Å². The first-order valence-corrected chi connectivity index (χ1v) is 7.16. The second kappa shape index (κ2) is 7.45. The van der Waals surface area contributed by atoms with Gasteiger partial charge in [0, 0.05) is 6.54 Å². The van der Waals surface area contributed by atoms with Crippen LogP contribution in [0.2, 0.25) is 0 Å². The van der Waals surface area contributed by atoms with Crippen molar-refractivity contribution in [3.8, 4) is 5.75 Å². The van der Waals surface area contributed by atoms with Crippen molar-refractivity contribution < 1.29 is 19.1 Å². The van der Waals surface area contributed by atoms with E-state index in [1.165, 1.54) is 14.2 Å². The van der Waals surface area contributed by atoms with E-state index >= 15 is 0 Å². The summed E-state index contributed by atoms with van der Waals surface area (Å²) in [5.74, 6) is -0.113. The number of amides is 1. The van der Waals surface area contributed by atoms with Crippen molar-refractivity contribution in [3.63, 3.8) is 0 Å². The maximum atomic E-state index is 12.3. The molecular formula is C18H19NO4. The third-order valence-corrected chi connectivity index (χ3v) is 3.56. The van der Waals surface area contributed by atoms with E-state index < -0.39 is 5.97 Å². The van der Waals surface area contributed by atoms with Gasteiger partial charge in [-0.05, 0) is 42.3 Å². The number of hydrogen-bond acceptors (Lipinski definition) is 4. The zero-order chi connectivity index (χ0) is 16.8. The summed E-state index contributed by atoms with van der Waals surface area (Å²) in [6.45, 7) is 2.24. The van der Waals surface area contributed by atoms with Gasteiger partial charge in [-0.1, -0.05) is 18.2 Å². The van der Waals surface area contributed by atoms with E-state index in [1.54, 1.807) is 36.4 Å². The van der Waals surface area contributed by atoms with Gasteiger partial charge in [-0.25, -0.2) is 4.79 Å². The lowest BCUT2D eigenvalue weighted by Crippen LogP contribution is -2.24. The monoisotopic (exact) mass is 313 g/mol. The predicted octanol–water partition coefficient (Wildman–Crippen LogP) is 2.72. The summed E-state index contributed by atoms with van der Waals surface area (Å²) in [5.41, 5.74) is 2.77. The Balaban J connectivity index is 2.14. The van der Waals surface area contributed by atoms with E-state index in [0.29, 0.717) is 23.4 Å². The van der Waals surface area contributed by atoms with Crippen LogP contribution in [0.1, 0.15) is 31.8 Å². The highest BCUT2D eigenvalue weighted by Gasteiger charge is 2.12. The standard InChI is InChI=1S/C18H19NO4/c1-12-8-9-13(18(21)23-3)10-14(12)11-19-17(20)15-6-4-5-7-16(15)22-2/h4-10H,11H2,1-3H3,(H,19,20). The molecule has 2 rings (SSSR count). The normalized spacial score (nSPS) is 10.0. The van der Waals surface area contributed by atoms with E-state index in [0.717, 1.165) is 11.1 Å². The molecule has 0 fully saturated rings. The van der Waals surface area contributed by atoms with Crippen LogP contribution in [0.25, 0.3) is 0 Å². The zero-order valence-corrected chi connectivity index (χ0v) is 13.4. The minimum absolute atomic E-state index is 0.231. The molecule has 0 saturated heterocycles. The molecule has 0 unspecified atom stereocenters. The van der Waals surface area contributed by atoms with Gasteiger partial charge in [0.15, 0.2) is 0 Å². The molecule has 23 heavy (non-hydrogen) atoms. The van der Waals surface area contributed by atoms with Crippen molar-refractivity contribution in [2.24, 2.45) is 0 Å². The maximum Gasteiger partial charge on any atom is 0.337 e. The number of carbonyl (C=O) groups excluding carboxylic acids is 2. The number of benzene rings is 2. The molecule has 0 aromatic heterocycles. The Morgan fingerprint density at radius 1 is 1.09 bits per heavy atom. The highest BCUT2D eigenvalue weighted by molar-refractivity contribution is 5.97. The fraction of sp³-hybridized carbons (Fsp3) is 0.222. The Hall–Kier alpha value is -2.82. The van der Waals surface area contributed by atoms with Crippen LogP contribution in [-0.4, -0.2) is 26.1 Å². The molecule has 5 nitrogen and oxygen atoms in total. The first kappa shape index (κ1) is 16.5. The topological polar surface area (TPSA) is 64.6 Å². The summed E-state index contributed by atoms with van der Waals surface area (Å²) in [4.78, 5) is 23.9. The number of ether oxygens (including phenoxy) is 2. The SMILES string of the molecule is COC(=O)c1ccc(C)c(CNC(=O)c2ccccc2OC)c1. The van der Waals surface area contributed by atoms with Crippen LogP contribution in [0.3, 0.4) is 0 Å². The van der Waals surface area contributed by atoms with E-state index in [4.69, 9.17) is 9.47 Å². The van der Waals surface area contributed by atoms with Crippen molar-refractivity contribution in [1.29, 1.82) is 0 Å². The molecule has 1 N–H and O–H groups in total. The molecule has 2 aromatic carbocycles. The zero-order valence-electron chi connectivity index (χ0n) is 13.4. The van der Waals surface area contributed by atoms with Crippen LogP contribution in [-0.2, 0) is 11.3 Å². The molecule has 0 spiro atoms. The summed E-state index contributed by atoms with van der Waals surface area (Å²) < 4.78 is 9.90. The lowest BCUT2D eigenvalue weighted by Gasteiger charge is -2.11. The fourth-order valence-corrected chi connectivity index (χ4v) is 2.21. The molecule has 0 heterocycles. The number of aryl methyl sites for hydroxylation is 1. The molecular weight excluding hydrogens is 294 g/mol. The number of methoxy groups -OCH3 is 2. The number of hydrogen-bond donors (Lipinski definition) is 1. The van der Waals surface area contributed by atoms with Crippen LogP contribution in [0.4, 0.5) is 0 Å². The molecule has 0 bridgehead atoms. The van der Waals surface area contributed by atoms with E-state index in [9.17, 15) is 9.59 Å². The Morgan fingerprint density at radius 2 is 1.83 bits per heavy atom. The van der Waals surface area contributed by atoms with Gasteiger partial charge in [0.2, 0.25) is 0 Å². The second-order valence-electron chi connectivity index (χ2n) is 5.02. The second-order valence-corrected chi connectivity index (χ2v) is 5.02. The quantitative estimate of drug-likeness (QED) is 0.862. The number of para-hydroxylation sites is 1. The molecule has 0 atom stereocenters. The minimum Gasteiger partial charge on any atom is -0.496 e. The van der Waals surface area contributed by atoms with E-state index in [2.05, 4.69) is 5.32 Å². The van der Waals surface area contributed by atoms with Gasteiger partial charge in [-0.15, -0.1) is 0 Å². The Morgan fingerprint density at radius 3 is 2.52 bits per heavy atom. The van der Waals surface area contributed by atoms with Crippen molar-refractivity contribution in [1.82, 2.24) is 5.32 Å². The highest BCUT2D eigenvalue weighted by atomic mass is 16.5. The molecule has 1 amide bonds. The van der Waals surface area contributed by atoms with Crippen LogP contribution in [0.15, 0.2) is 42.5 Å². The number of esters is 1. The number of rotatable bonds is 5. The first-order valence-electron chi connectivity index (χ1n) is 7.16. The van der Waals surface area contributed by atoms with Crippen molar-refractivity contribution in [2.75, 3.05) is 14.2 Å². The van der Waals surface area contributed by atoms with E-state index in [-0.39, 0.29) is 5.91 Å². The van der Waals surface area contributed by atoms with Crippen molar-refractivity contribution in [2.45, 2.75) is 13.5 Å². The van der Waals surface area contributed by atoms with Gasteiger partial charge < -0.3 is 14.8 Å². The average molecular weight is 313 g/mol. The van der Waals surface area contributed by atoms with Gasteiger partial charge in [0.05, 0.1) is 25.3 Å². The van der Waals surface area contributed by atoms with Gasteiger partial charge >= 0.3 is 5.97 Å². The van der Waals surface area contributed by atoms with Gasteiger partial charge in [-0.2, -0.15) is 0 Å². The van der Waals surface area contributed by atoms with Crippen LogP contribution in [0, 0.1) is 6.92 Å². The van der Waals surface area contributed by atoms with Crippen LogP contribution < -0.4 is 10.1 Å². The van der Waals surface area contributed by atoms with Crippen molar-refractivity contribution in [3.05, 3.63) is 64.7 Å². The highest BCUT2D eigenvalue weighted by Crippen LogP contribution is 2.17. The van der Waals surface area contributed by atoms with Crippen LogP contribution in [0.5, 0.6) is 5.75 Å². The smallest absolute Gasteiger partial charge is 0.337 e. The minimum atomic E-state index is -0.401. The maximum absolute atomic E-state index is 12.3. The Bertz CT molecular complexity index is 725. The molecule has 0 aliphatic carbocycles. The van der Waals surface area contributed by atoms with E-state index in [1.807, 2.05) is 13.0 Å². The lowest BCUT2D eigenvalue weighted by molar-refractivity contribution is 0.0600. The summed E-state index contributed by atoms with van der Waals surface area (Å²) in [6.07, 6.45) is 0. The first-order chi connectivity index (χ1) is 11.1. The number of carbonyl (C=O) groups is 2. The van der Waals surface area contributed by atoms with Crippen LogP contribution >= 0.6 is 0 Å². The molecule has 0 radical (unpaired) electrons. The largest absolute Gasteiger partial charge is 0.496 e. The molecule has 0 aliphatic heterocycles. The summed E-state index contributed by atoms with van der Waals surface area (Å²) in [5, 5.41) is 2.84. The lowest BCUT2D eigenvalue weighted by atomic mass is 10.0. The molecule has 2 aromatic rings. The summed E-state index contributed by atoms with van der Waals surface area (Å²) in [6, 6.07) is 12.3. The third-order valence-electron chi connectivity index (χ3n) is 3.56. The Kier molecular flexibility index (Phi) is 5.36.